The zero-order chi connectivity index (χ0) is 13.7. The van der Waals surface area contributed by atoms with Gasteiger partial charge in [-0.25, -0.2) is 0 Å². The van der Waals surface area contributed by atoms with Gasteiger partial charge in [0.2, 0.25) is 0 Å². The first-order valence-corrected chi connectivity index (χ1v) is 5.92. The molecule has 0 bridgehead atoms. The Morgan fingerprint density at radius 2 is 0.895 bits per heavy atom. The second-order valence-electron chi connectivity index (χ2n) is 4.54. The van der Waals surface area contributed by atoms with Crippen molar-refractivity contribution in [2.45, 2.75) is 27.7 Å². The monoisotopic (exact) mass is 334 g/mol. The summed E-state index contributed by atoms with van der Waals surface area (Å²) in [5.41, 5.74) is 4.70. The van der Waals surface area contributed by atoms with Gasteiger partial charge >= 0.3 is 0 Å². The van der Waals surface area contributed by atoms with Crippen molar-refractivity contribution in [2.75, 3.05) is 0 Å². The van der Waals surface area contributed by atoms with Crippen molar-refractivity contribution >= 4 is 0 Å². The Bertz CT molecular complexity index is 487. The minimum absolute atomic E-state index is 0. The largest absolute Gasteiger partial charge is 0.508 e. The van der Waals surface area contributed by atoms with Gasteiger partial charge in [-0.3, -0.25) is 0 Å². The van der Waals surface area contributed by atoms with E-state index in [0.29, 0.717) is 11.5 Å². The maximum Gasteiger partial charge on any atom is 0.115 e. The fraction of sp³-hybridized carbons (Fsp3) is 0.250. The average molecular weight is 336 g/mol. The summed E-state index contributed by atoms with van der Waals surface area (Å²) in [5, 5.41) is 17.9. The standard InChI is InChI=1S/2C8H10O.Zr/c2*1-6-3-4-8(9)5-7(6)2;/h2*3-5,9H,1-2H3;. The van der Waals surface area contributed by atoms with Crippen LogP contribution in [-0.4, -0.2) is 10.2 Å². The van der Waals surface area contributed by atoms with Gasteiger partial charge in [0.25, 0.3) is 0 Å². The minimum atomic E-state index is 0. The Morgan fingerprint density at radius 3 is 1.11 bits per heavy atom. The molecule has 2 nitrogen and oxygen atoms in total. The van der Waals surface area contributed by atoms with Crippen LogP contribution in [0.25, 0.3) is 0 Å². The van der Waals surface area contributed by atoms with E-state index in [1.807, 2.05) is 39.8 Å². The van der Waals surface area contributed by atoms with Crippen molar-refractivity contribution in [3.05, 3.63) is 58.7 Å². The molecule has 0 aliphatic rings. The molecular formula is C16H20O2Zr. The van der Waals surface area contributed by atoms with Crippen LogP contribution in [0.1, 0.15) is 22.3 Å². The fourth-order valence-corrected chi connectivity index (χ4v) is 1.45. The van der Waals surface area contributed by atoms with Gasteiger partial charge in [0.1, 0.15) is 11.5 Å². The van der Waals surface area contributed by atoms with Crippen molar-refractivity contribution in [1.82, 2.24) is 0 Å². The second-order valence-corrected chi connectivity index (χ2v) is 4.54. The van der Waals surface area contributed by atoms with Crippen LogP contribution < -0.4 is 0 Å². The van der Waals surface area contributed by atoms with Crippen molar-refractivity contribution in [3.63, 3.8) is 0 Å². The molecule has 0 atom stereocenters. The Hall–Kier alpha value is -1.08. The third kappa shape index (κ3) is 6.07. The Labute approximate surface area is 134 Å². The summed E-state index contributed by atoms with van der Waals surface area (Å²) in [5.74, 6) is 0.691. The Balaban J connectivity index is 0.000000324. The molecule has 0 radical (unpaired) electrons. The van der Waals surface area contributed by atoms with Gasteiger partial charge < -0.3 is 10.2 Å². The van der Waals surface area contributed by atoms with E-state index in [0.717, 1.165) is 11.1 Å². The number of aryl methyl sites for hydroxylation is 4. The number of aromatic hydroxyl groups is 2. The van der Waals surface area contributed by atoms with E-state index in [9.17, 15) is 0 Å². The zero-order valence-corrected chi connectivity index (χ0v) is 14.3. The Morgan fingerprint density at radius 1 is 0.579 bits per heavy atom. The molecule has 100 valence electrons. The number of hydrogen-bond donors (Lipinski definition) is 2. The molecule has 3 heteroatoms. The first-order chi connectivity index (χ1) is 8.40. The normalized spacial score (nSPS) is 9.05. The number of phenolic OH excluding ortho intramolecular Hbond substituents is 2. The Kier molecular flexibility index (Phi) is 7.70. The summed E-state index contributed by atoms with van der Waals surface area (Å²) in [6.07, 6.45) is 0. The molecule has 2 rings (SSSR count). The van der Waals surface area contributed by atoms with Crippen LogP contribution in [0.4, 0.5) is 0 Å². The third-order valence-corrected chi connectivity index (χ3v) is 2.98. The van der Waals surface area contributed by atoms with E-state index in [-0.39, 0.29) is 26.2 Å². The van der Waals surface area contributed by atoms with Crippen molar-refractivity contribution < 1.29 is 36.4 Å². The van der Waals surface area contributed by atoms with Crippen LogP contribution in [0.5, 0.6) is 11.5 Å². The number of rotatable bonds is 0. The fourth-order valence-electron chi connectivity index (χ4n) is 1.45. The predicted molar refractivity (Wildman–Crippen MR) is 75.2 cm³/mol. The maximum absolute atomic E-state index is 8.94. The van der Waals surface area contributed by atoms with Gasteiger partial charge in [-0.2, -0.15) is 0 Å². The van der Waals surface area contributed by atoms with E-state index >= 15 is 0 Å². The van der Waals surface area contributed by atoms with Gasteiger partial charge in [-0.15, -0.1) is 0 Å². The molecule has 2 N–H and O–H groups in total. The molecule has 0 saturated carbocycles. The molecule has 2 aromatic rings. The molecular weight excluding hydrogens is 315 g/mol. The van der Waals surface area contributed by atoms with E-state index in [4.69, 9.17) is 10.2 Å². The molecule has 0 fully saturated rings. The topological polar surface area (TPSA) is 40.5 Å². The molecule has 19 heavy (non-hydrogen) atoms. The minimum Gasteiger partial charge on any atom is -0.508 e. The third-order valence-electron chi connectivity index (χ3n) is 2.98. The maximum atomic E-state index is 8.94. The summed E-state index contributed by atoms with van der Waals surface area (Å²) in [6.45, 7) is 8.01. The summed E-state index contributed by atoms with van der Waals surface area (Å²) >= 11 is 0. The zero-order valence-electron chi connectivity index (χ0n) is 11.9. The van der Waals surface area contributed by atoms with E-state index in [2.05, 4.69) is 0 Å². The number of hydrogen-bond acceptors (Lipinski definition) is 2. The summed E-state index contributed by atoms with van der Waals surface area (Å²) in [7, 11) is 0. The van der Waals surface area contributed by atoms with Crippen molar-refractivity contribution in [3.8, 4) is 11.5 Å². The molecule has 0 saturated heterocycles. The number of phenols is 2. The van der Waals surface area contributed by atoms with E-state index in [1.165, 1.54) is 11.1 Å². The molecule has 0 aromatic heterocycles. The number of benzene rings is 2. The van der Waals surface area contributed by atoms with Crippen LogP contribution in [0.2, 0.25) is 0 Å². The van der Waals surface area contributed by atoms with Crippen LogP contribution in [0.3, 0.4) is 0 Å². The molecule has 0 unspecified atom stereocenters. The van der Waals surface area contributed by atoms with Gasteiger partial charge in [0.05, 0.1) is 0 Å². The van der Waals surface area contributed by atoms with E-state index in [1.54, 1.807) is 24.3 Å². The molecule has 0 spiro atoms. The summed E-state index contributed by atoms with van der Waals surface area (Å²) in [6, 6.07) is 10.7. The predicted octanol–water partition coefficient (Wildman–Crippen LogP) is 4.02. The van der Waals surface area contributed by atoms with Gasteiger partial charge in [0, 0.05) is 26.2 Å². The first-order valence-electron chi connectivity index (χ1n) is 5.92. The van der Waals surface area contributed by atoms with Gasteiger partial charge in [-0.1, -0.05) is 12.1 Å². The molecule has 0 amide bonds. The van der Waals surface area contributed by atoms with Crippen LogP contribution in [0.15, 0.2) is 36.4 Å². The smallest absolute Gasteiger partial charge is 0.115 e. The first kappa shape index (κ1) is 17.9. The van der Waals surface area contributed by atoms with Crippen LogP contribution in [0, 0.1) is 27.7 Å². The van der Waals surface area contributed by atoms with Gasteiger partial charge in [-0.05, 0) is 74.2 Å². The molecule has 0 heterocycles. The van der Waals surface area contributed by atoms with Crippen molar-refractivity contribution in [1.29, 1.82) is 0 Å². The van der Waals surface area contributed by atoms with Gasteiger partial charge in [0.15, 0.2) is 0 Å². The van der Waals surface area contributed by atoms with Crippen molar-refractivity contribution in [2.24, 2.45) is 0 Å². The van der Waals surface area contributed by atoms with Crippen LogP contribution in [-0.2, 0) is 26.2 Å². The molecule has 2 aromatic carbocycles. The average Bonchev–Trinajstić information content (AvgIpc) is 2.30. The molecule has 0 aliphatic heterocycles. The quantitative estimate of drug-likeness (QED) is 0.763. The summed E-state index contributed by atoms with van der Waals surface area (Å²) < 4.78 is 0. The van der Waals surface area contributed by atoms with Crippen LogP contribution >= 0.6 is 0 Å². The second kappa shape index (κ2) is 8.17. The molecule has 0 aliphatic carbocycles. The van der Waals surface area contributed by atoms with E-state index < -0.39 is 0 Å². The summed E-state index contributed by atoms with van der Waals surface area (Å²) in [4.78, 5) is 0. The SMILES string of the molecule is Cc1ccc(O)cc1C.Cc1ccc(O)cc1C.[Zr].